The first-order valence-corrected chi connectivity index (χ1v) is 10.7. The third-order valence-corrected chi connectivity index (χ3v) is 6.01. The summed E-state index contributed by atoms with van der Waals surface area (Å²) in [5.74, 6) is -0.566. The molecule has 0 atom stereocenters. The number of rotatable bonds is 3. The van der Waals surface area contributed by atoms with Gasteiger partial charge in [-0.2, -0.15) is 15.0 Å². The summed E-state index contributed by atoms with van der Waals surface area (Å²) in [7, 11) is 2.58. The number of hydrogen-bond acceptors (Lipinski definition) is 9. The third-order valence-electron chi connectivity index (χ3n) is 5.00. The van der Waals surface area contributed by atoms with Crippen LogP contribution >= 0.6 is 11.3 Å². The molecule has 4 aromatic rings. The number of thiazole rings is 1. The van der Waals surface area contributed by atoms with Gasteiger partial charge in [0, 0.05) is 19.5 Å². The van der Waals surface area contributed by atoms with Crippen molar-refractivity contribution in [3.63, 3.8) is 0 Å². The Bertz CT molecular complexity index is 1560. The fourth-order valence-corrected chi connectivity index (χ4v) is 4.13. The molecule has 3 heterocycles. The number of nitriles is 1. The smallest absolute Gasteiger partial charge is 0.333 e. The Morgan fingerprint density at radius 1 is 1.12 bits per heavy atom. The number of aromatic nitrogens is 5. The molecule has 0 saturated carbocycles. The van der Waals surface area contributed by atoms with Gasteiger partial charge in [-0.25, -0.2) is 9.78 Å². The molecule has 0 unspecified atom stereocenters. The maximum absolute atomic E-state index is 12.5. The molecule has 12 heteroatoms. The first-order chi connectivity index (χ1) is 15.5. The summed E-state index contributed by atoms with van der Waals surface area (Å²) >= 11 is 1.36. The van der Waals surface area contributed by atoms with Crippen LogP contribution in [0.4, 0.5) is 11.5 Å². The highest BCUT2D eigenvalue weighted by atomic mass is 32.1. The number of aromatic hydroxyl groups is 1. The fourth-order valence-electron chi connectivity index (χ4n) is 3.21. The minimum Gasteiger partial charge on any atom is -0.493 e. The molecule has 0 fully saturated rings. The number of hydrogen-bond donors (Lipinski definition) is 1. The van der Waals surface area contributed by atoms with Crippen LogP contribution in [-0.4, -0.2) is 29.0 Å². The van der Waals surface area contributed by atoms with Gasteiger partial charge in [0.15, 0.2) is 5.82 Å². The zero-order chi connectivity index (χ0) is 24.1. The molecule has 0 aliphatic heterocycles. The molecule has 0 spiro atoms. The summed E-state index contributed by atoms with van der Waals surface area (Å²) in [4.78, 5) is 29.1. The predicted molar refractivity (Wildman–Crippen MR) is 123 cm³/mol. The van der Waals surface area contributed by atoms with E-state index in [0.29, 0.717) is 10.8 Å². The molecule has 1 aromatic carbocycles. The van der Waals surface area contributed by atoms with Crippen LogP contribution in [0.15, 0.2) is 44.1 Å². The average Bonchev–Trinajstić information content (AvgIpc) is 3.37. The highest BCUT2D eigenvalue weighted by molar-refractivity contribution is 7.20. The number of azo groups is 1. The van der Waals surface area contributed by atoms with Crippen molar-refractivity contribution in [1.29, 1.82) is 5.26 Å². The molecular weight excluding hydrogens is 444 g/mol. The predicted octanol–water partition coefficient (Wildman–Crippen LogP) is 3.17. The van der Waals surface area contributed by atoms with Gasteiger partial charge in [0.2, 0.25) is 16.7 Å². The third kappa shape index (κ3) is 3.62. The molecule has 33 heavy (non-hydrogen) atoms. The number of benzene rings is 1. The van der Waals surface area contributed by atoms with E-state index < -0.39 is 28.2 Å². The molecule has 0 bridgehead atoms. The van der Waals surface area contributed by atoms with E-state index >= 15 is 0 Å². The Morgan fingerprint density at radius 2 is 1.82 bits per heavy atom. The molecular formula is C21H20N8O3S. The van der Waals surface area contributed by atoms with Crippen molar-refractivity contribution in [2.75, 3.05) is 0 Å². The summed E-state index contributed by atoms with van der Waals surface area (Å²) in [5.41, 5.74) is -1.04. The van der Waals surface area contributed by atoms with Crippen molar-refractivity contribution < 1.29 is 5.11 Å². The summed E-state index contributed by atoms with van der Waals surface area (Å²) in [5, 5.41) is 33.4. The Kier molecular flexibility index (Phi) is 5.21. The van der Waals surface area contributed by atoms with Crippen LogP contribution in [0.5, 0.6) is 5.88 Å². The molecule has 168 valence electrons. The Labute approximate surface area is 191 Å². The minimum atomic E-state index is -0.819. The monoisotopic (exact) mass is 464 g/mol. The summed E-state index contributed by atoms with van der Waals surface area (Å²) in [6.07, 6.45) is 0. The van der Waals surface area contributed by atoms with Gasteiger partial charge in [0.1, 0.15) is 11.6 Å². The molecule has 0 radical (unpaired) electrons. The van der Waals surface area contributed by atoms with Gasteiger partial charge in [-0.1, -0.05) is 44.2 Å². The van der Waals surface area contributed by atoms with E-state index in [1.165, 1.54) is 30.1 Å². The summed E-state index contributed by atoms with van der Waals surface area (Å²) < 4.78 is 4.03. The normalized spacial score (nSPS) is 12.0. The highest BCUT2D eigenvalue weighted by Gasteiger charge is 2.29. The van der Waals surface area contributed by atoms with Crippen molar-refractivity contribution in [2.45, 2.75) is 26.2 Å². The van der Waals surface area contributed by atoms with Crippen LogP contribution in [0.2, 0.25) is 0 Å². The Balaban J connectivity index is 1.99. The van der Waals surface area contributed by atoms with E-state index in [1.54, 1.807) is 0 Å². The standard InChI is InChI=1S/C21H20N8O3S/c1-21(2,3)15-11(10-22)16(25-24-14-17(30)27(4)20(32)28(5)18(14)31)29(26-15)19-23-12-8-6-7-9-13(12)33-19/h6-9,30H,1-5H3. The lowest BCUT2D eigenvalue weighted by Crippen LogP contribution is -2.36. The van der Waals surface area contributed by atoms with Gasteiger partial charge < -0.3 is 5.11 Å². The van der Waals surface area contributed by atoms with Gasteiger partial charge in [-0.05, 0) is 12.1 Å². The molecule has 0 amide bonds. The van der Waals surface area contributed by atoms with Crippen molar-refractivity contribution in [2.24, 2.45) is 24.3 Å². The lowest BCUT2D eigenvalue weighted by Gasteiger charge is -2.14. The molecule has 11 nitrogen and oxygen atoms in total. The lowest BCUT2D eigenvalue weighted by atomic mass is 9.90. The maximum Gasteiger partial charge on any atom is 0.333 e. The fraction of sp³-hybridized carbons (Fsp3) is 0.286. The Hall–Kier alpha value is -4.11. The topological polar surface area (TPSA) is 143 Å². The molecule has 0 aliphatic rings. The van der Waals surface area contributed by atoms with Gasteiger partial charge in [-0.3, -0.25) is 13.9 Å². The summed E-state index contributed by atoms with van der Waals surface area (Å²) in [6.45, 7) is 5.73. The van der Waals surface area contributed by atoms with Crippen LogP contribution in [0, 0.1) is 11.3 Å². The van der Waals surface area contributed by atoms with Crippen LogP contribution in [0.3, 0.4) is 0 Å². The van der Waals surface area contributed by atoms with Gasteiger partial charge in [0.25, 0.3) is 5.56 Å². The van der Waals surface area contributed by atoms with Crippen molar-refractivity contribution >= 4 is 33.1 Å². The molecule has 0 saturated heterocycles. The number of nitrogens with zero attached hydrogens (tertiary/aromatic N) is 8. The second-order valence-corrected chi connectivity index (χ2v) is 9.37. The largest absolute Gasteiger partial charge is 0.493 e. The maximum atomic E-state index is 12.5. The minimum absolute atomic E-state index is 0.0665. The van der Waals surface area contributed by atoms with E-state index in [-0.39, 0.29) is 11.4 Å². The van der Waals surface area contributed by atoms with E-state index in [1.807, 2.05) is 45.0 Å². The lowest BCUT2D eigenvalue weighted by molar-refractivity contribution is 0.413. The zero-order valence-electron chi connectivity index (χ0n) is 18.6. The van der Waals surface area contributed by atoms with Crippen LogP contribution in [0.1, 0.15) is 32.0 Å². The number of fused-ring (bicyclic) bond motifs is 1. The van der Waals surface area contributed by atoms with Crippen LogP contribution in [0.25, 0.3) is 15.3 Å². The quantitative estimate of drug-likeness (QED) is 0.461. The van der Waals surface area contributed by atoms with Crippen LogP contribution in [-0.2, 0) is 19.5 Å². The molecule has 4 rings (SSSR count). The van der Waals surface area contributed by atoms with E-state index in [9.17, 15) is 20.0 Å². The van der Waals surface area contributed by atoms with E-state index in [2.05, 4.69) is 26.4 Å². The molecule has 1 N–H and O–H groups in total. The van der Waals surface area contributed by atoms with E-state index in [4.69, 9.17) is 0 Å². The average molecular weight is 465 g/mol. The first-order valence-electron chi connectivity index (χ1n) is 9.85. The zero-order valence-corrected chi connectivity index (χ0v) is 19.4. The van der Waals surface area contributed by atoms with Crippen molar-refractivity contribution in [3.05, 3.63) is 56.4 Å². The molecule has 3 aromatic heterocycles. The Morgan fingerprint density at radius 3 is 2.45 bits per heavy atom. The van der Waals surface area contributed by atoms with Crippen molar-refractivity contribution in [3.8, 4) is 17.1 Å². The van der Waals surface area contributed by atoms with Gasteiger partial charge >= 0.3 is 5.69 Å². The highest BCUT2D eigenvalue weighted by Crippen LogP contribution is 2.36. The van der Waals surface area contributed by atoms with Gasteiger partial charge in [-0.15, -0.1) is 10.2 Å². The molecule has 0 aliphatic carbocycles. The van der Waals surface area contributed by atoms with Crippen LogP contribution < -0.4 is 11.2 Å². The van der Waals surface area contributed by atoms with Crippen molar-refractivity contribution in [1.82, 2.24) is 23.9 Å². The summed E-state index contributed by atoms with van der Waals surface area (Å²) in [6, 6.07) is 9.68. The van der Waals surface area contributed by atoms with Gasteiger partial charge in [0.05, 0.1) is 15.9 Å². The first kappa shape index (κ1) is 22.1. The second-order valence-electron chi connectivity index (χ2n) is 8.36. The van der Waals surface area contributed by atoms with E-state index in [0.717, 1.165) is 19.4 Å². The SMILES string of the molecule is Cn1c(O)c(N=Nc2c(C#N)c(C(C)(C)C)nn2-c2nc3ccccc3s2)c(=O)n(C)c1=O. The second kappa shape index (κ2) is 7.79. The number of para-hydroxylation sites is 1.